The van der Waals surface area contributed by atoms with E-state index in [9.17, 15) is 5.11 Å². The Balaban J connectivity index is 1.88. The third kappa shape index (κ3) is 3.58. The Kier molecular flexibility index (Phi) is 5.25. The first kappa shape index (κ1) is 13.6. The van der Waals surface area contributed by atoms with Gasteiger partial charge in [-0.1, -0.05) is 63.3 Å². The van der Waals surface area contributed by atoms with Crippen LogP contribution in [-0.2, 0) is 6.42 Å². The minimum Gasteiger partial charge on any atom is -0.388 e. The molecule has 1 fully saturated rings. The van der Waals surface area contributed by atoms with Gasteiger partial charge in [0.15, 0.2) is 0 Å². The molecule has 2 rings (SSSR count). The molecule has 0 aromatic heterocycles. The van der Waals surface area contributed by atoms with E-state index in [-0.39, 0.29) is 6.10 Å². The Bertz CT molecular complexity index is 352. The highest BCUT2D eigenvalue weighted by Gasteiger charge is 2.17. The van der Waals surface area contributed by atoms with E-state index in [4.69, 9.17) is 0 Å². The van der Waals surface area contributed by atoms with Gasteiger partial charge in [-0.3, -0.25) is 0 Å². The molecule has 0 saturated heterocycles. The molecule has 1 aliphatic carbocycles. The van der Waals surface area contributed by atoms with Crippen molar-refractivity contribution < 1.29 is 5.11 Å². The summed E-state index contributed by atoms with van der Waals surface area (Å²) in [5, 5.41) is 10.4. The molecule has 0 heterocycles. The quantitative estimate of drug-likeness (QED) is 0.802. The highest BCUT2D eigenvalue weighted by atomic mass is 16.3. The van der Waals surface area contributed by atoms with Gasteiger partial charge in [-0.2, -0.15) is 0 Å². The highest BCUT2D eigenvalue weighted by Crippen LogP contribution is 2.31. The van der Waals surface area contributed by atoms with Gasteiger partial charge in [0.25, 0.3) is 0 Å². The number of benzene rings is 1. The second kappa shape index (κ2) is 6.94. The molecule has 1 unspecified atom stereocenters. The van der Waals surface area contributed by atoms with Crippen LogP contribution in [0.1, 0.15) is 69.1 Å². The van der Waals surface area contributed by atoms with Gasteiger partial charge < -0.3 is 5.11 Å². The van der Waals surface area contributed by atoms with Gasteiger partial charge in [0.05, 0.1) is 6.10 Å². The van der Waals surface area contributed by atoms with Crippen molar-refractivity contribution in [2.75, 3.05) is 0 Å². The monoisotopic (exact) mass is 246 g/mol. The van der Waals surface area contributed by atoms with Crippen LogP contribution in [0.5, 0.6) is 0 Å². The van der Waals surface area contributed by atoms with E-state index in [1.165, 1.54) is 44.1 Å². The van der Waals surface area contributed by atoms with E-state index in [1.54, 1.807) is 0 Å². The summed E-state index contributed by atoms with van der Waals surface area (Å²) in [5.41, 5.74) is 2.45. The minimum absolute atomic E-state index is 0.261. The zero-order valence-electron chi connectivity index (χ0n) is 11.6. The summed E-state index contributed by atoms with van der Waals surface area (Å²) < 4.78 is 0. The van der Waals surface area contributed by atoms with Crippen molar-refractivity contribution in [2.45, 2.75) is 64.4 Å². The summed E-state index contributed by atoms with van der Waals surface area (Å²) in [5.74, 6) is 0.863. The fraction of sp³-hybridized carbons (Fsp3) is 0.647. The lowest BCUT2D eigenvalue weighted by Gasteiger charge is -2.23. The van der Waals surface area contributed by atoms with E-state index in [0.29, 0.717) is 0 Å². The maximum absolute atomic E-state index is 10.4. The summed E-state index contributed by atoms with van der Waals surface area (Å²) in [6, 6.07) is 8.33. The standard InChI is InChI=1S/C17H26O/c1-2-15-10-6-7-11-16(15)17(18)13-12-14-8-4-3-5-9-14/h6-7,10-11,14,17-18H,2-5,8-9,12-13H2,1H3. The van der Waals surface area contributed by atoms with Crippen LogP contribution >= 0.6 is 0 Å². The molecule has 1 heteroatoms. The molecule has 1 nitrogen and oxygen atoms in total. The highest BCUT2D eigenvalue weighted by molar-refractivity contribution is 5.28. The molecule has 0 amide bonds. The molecule has 0 spiro atoms. The number of rotatable bonds is 5. The van der Waals surface area contributed by atoms with Crippen LogP contribution in [0.15, 0.2) is 24.3 Å². The number of hydrogen-bond donors (Lipinski definition) is 1. The zero-order chi connectivity index (χ0) is 12.8. The van der Waals surface area contributed by atoms with Crippen molar-refractivity contribution in [1.29, 1.82) is 0 Å². The Morgan fingerprint density at radius 3 is 2.61 bits per heavy atom. The Morgan fingerprint density at radius 1 is 1.17 bits per heavy atom. The van der Waals surface area contributed by atoms with Gasteiger partial charge in [0, 0.05) is 0 Å². The second-order valence-electron chi connectivity index (χ2n) is 5.65. The molecule has 1 aromatic carbocycles. The van der Waals surface area contributed by atoms with Crippen molar-refractivity contribution in [3.8, 4) is 0 Å². The van der Waals surface area contributed by atoms with E-state index in [2.05, 4.69) is 25.1 Å². The van der Waals surface area contributed by atoms with E-state index < -0.39 is 0 Å². The average Bonchev–Trinajstić information content (AvgIpc) is 2.45. The summed E-state index contributed by atoms with van der Waals surface area (Å²) in [7, 11) is 0. The molecular formula is C17H26O. The maximum atomic E-state index is 10.4. The van der Waals surface area contributed by atoms with Crippen molar-refractivity contribution in [2.24, 2.45) is 5.92 Å². The molecule has 1 aliphatic rings. The summed E-state index contributed by atoms with van der Waals surface area (Å²) >= 11 is 0. The zero-order valence-corrected chi connectivity index (χ0v) is 11.6. The molecule has 1 atom stereocenters. The third-order valence-corrected chi connectivity index (χ3v) is 4.37. The first-order valence-electron chi connectivity index (χ1n) is 7.57. The normalized spacial score (nSPS) is 18.8. The van der Waals surface area contributed by atoms with Gasteiger partial charge in [-0.05, 0) is 36.3 Å². The second-order valence-corrected chi connectivity index (χ2v) is 5.65. The van der Waals surface area contributed by atoms with E-state index in [1.807, 2.05) is 6.07 Å². The molecule has 100 valence electrons. The summed E-state index contributed by atoms with van der Waals surface area (Å²) in [4.78, 5) is 0. The van der Waals surface area contributed by atoms with E-state index in [0.717, 1.165) is 24.3 Å². The minimum atomic E-state index is -0.261. The van der Waals surface area contributed by atoms with Crippen molar-refractivity contribution in [1.82, 2.24) is 0 Å². The van der Waals surface area contributed by atoms with Crippen LogP contribution in [0, 0.1) is 5.92 Å². The topological polar surface area (TPSA) is 20.2 Å². The smallest absolute Gasteiger partial charge is 0.0792 e. The number of hydrogen-bond acceptors (Lipinski definition) is 1. The third-order valence-electron chi connectivity index (χ3n) is 4.37. The van der Waals surface area contributed by atoms with Crippen LogP contribution in [0.4, 0.5) is 0 Å². The van der Waals surface area contributed by atoms with Crippen LogP contribution in [-0.4, -0.2) is 5.11 Å². The molecular weight excluding hydrogens is 220 g/mol. The molecule has 1 N–H and O–H groups in total. The first-order chi connectivity index (χ1) is 8.81. The predicted octanol–water partition coefficient (Wildman–Crippen LogP) is 4.64. The number of aliphatic hydroxyl groups is 1. The van der Waals surface area contributed by atoms with Gasteiger partial charge in [-0.15, -0.1) is 0 Å². The average molecular weight is 246 g/mol. The SMILES string of the molecule is CCc1ccccc1C(O)CCC1CCCCC1. The number of aryl methyl sites for hydroxylation is 1. The molecule has 1 aromatic rings. The number of aliphatic hydroxyl groups excluding tert-OH is 1. The molecule has 0 aliphatic heterocycles. The summed E-state index contributed by atoms with van der Waals surface area (Å²) in [6.07, 6.45) is 9.83. The van der Waals surface area contributed by atoms with Gasteiger partial charge in [0.2, 0.25) is 0 Å². The van der Waals surface area contributed by atoms with Crippen LogP contribution in [0.2, 0.25) is 0 Å². The van der Waals surface area contributed by atoms with Crippen LogP contribution in [0.25, 0.3) is 0 Å². The largest absolute Gasteiger partial charge is 0.388 e. The van der Waals surface area contributed by atoms with Crippen LogP contribution < -0.4 is 0 Å². The van der Waals surface area contributed by atoms with Gasteiger partial charge >= 0.3 is 0 Å². The Hall–Kier alpha value is -0.820. The lowest BCUT2D eigenvalue weighted by molar-refractivity contribution is 0.150. The van der Waals surface area contributed by atoms with Crippen molar-refractivity contribution >= 4 is 0 Å². The molecule has 0 radical (unpaired) electrons. The predicted molar refractivity (Wildman–Crippen MR) is 76.6 cm³/mol. The lowest BCUT2D eigenvalue weighted by atomic mass is 9.84. The van der Waals surface area contributed by atoms with Crippen molar-refractivity contribution in [3.63, 3.8) is 0 Å². The van der Waals surface area contributed by atoms with Gasteiger partial charge in [-0.25, -0.2) is 0 Å². The Labute approximate surface area is 111 Å². The van der Waals surface area contributed by atoms with Crippen molar-refractivity contribution in [3.05, 3.63) is 35.4 Å². The molecule has 1 saturated carbocycles. The summed E-state index contributed by atoms with van der Waals surface area (Å²) in [6.45, 7) is 2.16. The first-order valence-corrected chi connectivity index (χ1v) is 7.57. The lowest BCUT2D eigenvalue weighted by Crippen LogP contribution is -2.09. The maximum Gasteiger partial charge on any atom is 0.0792 e. The fourth-order valence-corrected chi connectivity index (χ4v) is 3.21. The molecule has 0 bridgehead atoms. The van der Waals surface area contributed by atoms with Crippen LogP contribution in [0.3, 0.4) is 0 Å². The van der Waals surface area contributed by atoms with E-state index >= 15 is 0 Å². The molecule has 18 heavy (non-hydrogen) atoms. The Morgan fingerprint density at radius 2 is 1.89 bits per heavy atom. The van der Waals surface area contributed by atoms with Gasteiger partial charge in [0.1, 0.15) is 0 Å². The fourth-order valence-electron chi connectivity index (χ4n) is 3.21.